The number of carbonyl (C=O) groups is 2. The highest BCUT2D eigenvalue weighted by Crippen LogP contribution is 2.19. The van der Waals surface area contributed by atoms with E-state index in [1.165, 1.54) is 11.3 Å². The number of hydrogen-bond acceptors (Lipinski definition) is 5. The number of thiophene rings is 1. The zero-order valence-electron chi connectivity index (χ0n) is 12.9. The zero-order valence-corrected chi connectivity index (χ0v) is 13.8. The molecule has 7 heteroatoms. The maximum atomic E-state index is 12.2. The second kappa shape index (κ2) is 7.46. The van der Waals surface area contributed by atoms with Gasteiger partial charge in [0, 0.05) is 23.1 Å². The van der Waals surface area contributed by atoms with E-state index in [9.17, 15) is 9.59 Å². The first-order valence-corrected chi connectivity index (χ1v) is 8.55. The Bertz CT molecular complexity index is 700. The quantitative estimate of drug-likeness (QED) is 0.864. The summed E-state index contributed by atoms with van der Waals surface area (Å²) in [6.45, 7) is 0.973. The molecule has 6 nitrogen and oxygen atoms in total. The Morgan fingerprint density at radius 3 is 2.67 bits per heavy atom. The Kier molecular flexibility index (Phi) is 5.12. The number of amides is 2. The van der Waals surface area contributed by atoms with Crippen molar-refractivity contribution in [3.8, 4) is 5.75 Å². The van der Waals surface area contributed by atoms with E-state index in [4.69, 9.17) is 15.2 Å². The molecule has 1 fully saturated rings. The van der Waals surface area contributed by atoms with Gasteiger partial charge in [-0.2, -0.15) is 11.3 Å². The molecule has 1 aliphatic rings. The fourth-order valence-electron chi connectivity index (χ4n) is 2.51. The predicted octanol–water partition coefficient (Wildman–Crippen LogP) is 1.81. The molecule has 1 aromatic heterocycles. The van der Waals surface area contributed by atoms with Crippen LogP contribution in [0.1, 0.15) is 27.1 Å². The molecule has 126 valence electrons. The topological polar surface area (TPSA) is 90.7 Å². The summed E-state index contributed by atoms with van der Waals surface area (Å²) in [7, 11) is 0. The lowest BCUT2D eigenvalue weighted by Crippen LogP contribution is -2.51. The molecule has 1 aliphatic heterocycles. The minimum absolute atomic E-state index is 0.110. The van der Waals surface area contributed by atoms with Gasteiger partial charge in [-0.15, -0.1) is 0 Å². The molecule has 1 aromatic carbocycles. The van der Waals surface area contributed by atoms with Gasteiger partial charge in [0.15, 0.2) is 0 Å². The van der Waals surface area contributed by atoms with Gasteiger partial charge in [0.2, 0.25) is 5.91 Å². The highest BCUT2D eigenvalue weighted by Gasteiger charge is 2.29. The zero-order chi connectivity index (χ0) is 16.9. The van der Waals surface area contributed by atoms with Crippen LogP contribution in [0.5, 0.6) is 5.75 Å². The van der Waals surface area contributed by atoms with Crippen LogP contribution in [0.2, 0.25) is 0 Å². The first-order chi connectivity index (χ1) is 11.6. The maximum absolute atomic E-state index is 12.2. The van der Waals surface area contributed by atoms with Crippen molar-refractivity contribution in [1.29, 1.82) is 0 Å². The van der Waals surface area contributed by atoms with Gasteiger partial charge in [-0.05, 0) is 42.1 Å². The third kappa shape index (κ3) is 3.93. The van der Waals surface area contributed by atoms with Crippen LogP contribution in [0.25, 0.3) is 0 Å². The number of nitrogens with one attached hydrogen (secondary N) is 1. The third-order valence-corrected chi connectivity index (χ3v) is 4.51. The van der Waals surface area contributed by atoms with Gasteiger partial charge < -0.3 is 20.5 Å². The molecule has 0 radical (unpaired) electrons. The monoisotopic (exact) mass is 346 g/mol. The van der Waals surface area contributed by atoms with E-state index in [-0.39, 0.29) is 18.1 Å². The molecule has 2 heterocycles. The van der Waals surface area contributed by atoms with Gasteiger partial charge in [-0.25, -0.2) is 0 Å². The molecule has 0 unspecified atom stereocenters. The summed E-state index contributed by atoms with van der Waals surface area (Å²) in [5.41, 5.74) is 6.29. The first-order valence-electron chi connectivity index (χ1n) is 7.61. The van der Waals surface area contributed by atoms with Crippen molar-refractivity contribution in [2.75, 3.05) is 13.2 Å². The second-order valence-electron chi connectivity index (χ2n) is 5.50. The maximum Gasteiger partial charge on any atom is 0.252 e. The van der Waals surface area contributed by atoms with Crippen molar-refractivity contribution in [1.82, 2.24) is 5.32 Å². The highest BCUT2D eigenvalue weighted by molar-refractivity contribution is 7.08. The molecule has 24 heavy (non-hydrogen) atoms. The molecular weight excluding hydrogens is 328 g/mol. The molecule has 2 amide bonds. The van der Waals surface area contributed by atoms with E-state index in [1.807, 2.05) is 10.8 Å². The standard InChI is InChI=1S/C17H18N2O4S/c18-16(20)11-1-3-13(4-2-11)23-15-9-22-7-5-14(15)19-17(21)12-6-8-24-10-12/h1-4,6,8,10,14-15H,5,7,9H2,(H2,18,20)(H,19,21)/t14-,15-/m1/s1. The average molecular weight is 346 g/mol. The van der Waals surface area contributed by atoms with Crippen LogP contribution >= 0.6 is 11.3 Å². The number of primary amides is 1. The van der Waals surface area contributed by atoms with Crippen LogP contribution < -0.4 is 15.8 Å². The molecule has 1 saturated heterocycles. The van der Waals surface area contributed by atoms with Crippen LogP contribution in [0, 0.1) is 0 Å². The number of benzene rings is 1. The molecule has 3 rings (SSSR count). The third-order valence-electron chi connectivity index (χ3n) is 3.83. The summed E-state index contributed by atoms with van der Waals surface area (Å²) in [5.74, 6) is 0.00885. The van der Waals surface area contributed by atoms with Crippen LogP contribution in [-0.4, -0.2) is 37.2 Å². The van der Waals surface area contributed by atoms with Crippen LogP contribution in [-0.2, 0) is 4.74 Å². The van der Waals surface area contributed by atoms with Crippen molar-refractivity contribution < 1.29 is 19.1 Å². The van der Waals surface area contributed by atoms with Crippen molar-refractivity contribution in [2.45, 2.75) is 18.6 Å². The van der Waals surface area contributed by atoms with Gasteiger partial charge in [0.05, 0.1) is 12.6 Å². The van der Waals surface area contributed by atoms with E-state index >= 15 is 0 Å². The molecule has 0 aliphatic carbocycles. The predicted molar refractivity (Wildman–Crippen MR) is 90.4 cm³/mol. The van der Waals surface area contributed by atoms with E-state index in [0.717, 1.165) is 0 Å². The summed E-state index contributed by atoms with van der Waals surface area (Å²) in [6, 6.07) is 8.25. The van der Waals surface area contributed by atoms with Crippen molar-refractivity contribution in [3.05, 3.63) is 52.2 Å². The minimum Gasteiger partial charge on any atom is -0.486 e. The highest BCUT2D eigenvalue weighted by atomic mass is 32.1. The number of carbonyl (C=O) groups excluding carboxylic acids is 2. The SMILES string of the molecule is NC(=O)c1ccc(O[C@@H]2COCC[C@H]2NC(=O)c2ccsc2)cc1. The molecule has 3 N–H and O–H groups in total. The van der Waals surface area contributed by atoms with Gasteiger partial charge in [-0.1, -0.05) is 0 Å². The van der Waals surface area contributed by atoms with Gasteiger partial charge in [0.1, 0.15) is 11.9 Å². The van der Waals surface area contributed by atoms with E-state index in [1.54, 1.807) is 30.3 Å². The lowest BCUT2D eigenvalue weighted by Gasteiger charge is -2.32. The summed E-state index contributed by atoms with van der Waals surface area (Å²) in [6.07, 6.45) is 0.390. The lowest BCUT2D eigenvalue weighted by atomic mass is 10.1. The van der Waals surface area contributed by atoms with Crippen molar-refractivity contribution >= 4 is 23.2 Å². The van der Waals surface area contributed by atoms with Gasteiger partial charge in [0.25, 0.3) is 5.91 Å². The van der Waals surface area contributed by atoms with Crippen LogP contribution in [0.3, 0.4) is 0 Å². The first kappa shape index (κ1) is 16.5. The normalized spacial score (nSPS) is 20.3. The Morgan fingerprint density at radius 1 is 1.21 bits per heavy atom. The number of ether oxygens (including phenoxy) is 2. The second-order valence-corrected chi connectivity index (χ2v) is 6.28. The Hall–Kier alpha value is -2.38. The van der Waals surface area contributed by atoms with Gasteiger partial charge in [-0.3, -0.25) is 9.59 Å². The smallest absolute Gasteiger partial charge is 0.252 e. The Morgan fingerprint density at radius 2 is 2.00 bits per heavy atom. The van der Waals surface area contributed by atoms with E-state index in [0.29, 0.717) is 36.5 Å². The van der Waals surface area contributed by atoms with Crippen molar-refractivity contribution in [3.63, 3.8) is 0 Å². The largest absolute Gasteiger partial charge is 0.486 e. The van der Waals surface area contributed by atoms with Crippen LogP contribution in [0.15, 0.2) is 41.1 Å². The summed E-state index contributed by atoms with van der Waals surface area (Å²) < 4.78 is 11.4. The number of hydrogen-bond donors (Lipinski definition) is 2. The molecule has 0 spiro atoms. The molecule has 2 atom stereocenters. The summed E-state index contributed by atoms with van der Waals surface area (Å²) in [4.78, 5) is 23.3. The molecule has 0 saturated carbocycles. The fraction of sp³-hybridized carbons (Fsp3) is 0.294. The molecule has 0 bridgehead atoms. The van der Waals surface area contributed by atoms with E-state index in [2.05, 4.69) is 5.32 Å². The molecular formula is C17H18N2O4S. The average Bonchev–Trinajstić information content (AvgIpc) is 3.12. The Labute approximate surface area is 143 Å². The number of nitrogens with two attached hydrogens (primary N) is 1. The summed E-state index contributed by atoms with van der Waals surface area (Å²) >= 11 is 1.48. The number of rotatable bonds is 5. The minimum atomic E-state index is -0.483. The van der Waals surface area contributed by atoms with E-state index < -0.39 is 5.91 Å². The van der Waals surface area contributed by atoms with Gasteiger partial charge >= 0.3 is 0 Å². The summed E-state index contributed by atoms with van der Waals surface area (Å²) in [5, 5.41) is 6.69. The fourth-order valence-corrected chi connectivity index (χ4v) is 3.15. The van der Waals surface area contributed by atoms with Crippen molar-refractivity contribution in [2.24, 2.45) is 5.73 Å². The molecule has 2 aromatic rings. The van der Waals surface area contributed by atoms with Crippen LogP contribution in [0.4, 0.5) is 0 Å². The lowest BCUT2D eigenvalue weighted by molar-refractivity contribution is -0.0135. The Balaban J connectivity index is 1.65.